The van der Waals surface area contributed by atoms with Crippen molar-refractivity contribution in [1.82, 2.24) is 9.97 Å². The standard InChI is InChI=1S/C41H31N3O/c1-26-20-40-38-24-34(26)30-14-8-15-31(22-30)36-25-35(27-10-3-2-4-11-27)42-41(43-36)32-16-7-12-28(21-32)29-13-9-17-33(23-29)44(38)37-18-5-6-19-39(37)45-40/h2-20,22-26,32,34H,21H2,1H3. The molecule has 0 spiro atoms. The first-order chi connectivity index (χ1) is 22.2. The molecular weight excluding hydrogens is 550 g/mol. The van der Waals surface area contributed by atoms with Crippen LogP contribution in [0.3, 0.4) is 0 Å². The first-order valence-electron chi connectivity index (χ1n) is 15.7. The summed E-state index contributed by atoms with van der Waals surface area (Å²) < 4.78 is 6.56. The van der Waals surface area contributed by atoms with Gasteiger partial charge in [-0.1, -0.05) is 97.9 Å². The lowest BCUT2D eigenvalue weighted by Gasteiger charge is -2.39. The second-order valence-electron chi connectivity index (χ2n) is 12.3. The summed E-state index contributed by atoms with van der Waals surface area (Å²) in [5.74, 6) is 3.10. The van der Waals surface area contributed by atoms with Gasteiger partial charge in [-0.15, -0.1) is 0 Å². The summed E-state index contributed by atoms with van der Waals surface area (Å²) in [7, 11) is 0. The van der Waals surface area contributed by atoms with E-state index >= 15 is 0 Å². The molecule has 216 valence electrons. The molecule has 4 heteroatoms. The maximum atomic E-state index is 6.56. The molecule has 3 atom stereocenters. The molecular formula is C41H31N3O. The zero-order chi connectivity index (χ0) is 29.9. The second kappa shape index (κ2) is 10.3. The molecule has 4 nitrogen and oxygen atoms in total. The van der Waals surface area contributed by atoms with E-state index in [0.29, 0.717) is 0 Å². The Hall–Kier alpha value is -5.48. The Kier molecular flexibility index (Phi) is 5.95. The van der Waals surface area contributed by atoms with Gasteiger partial charge in [-0.2, -0.15) is 0 Å². The van der Waals surface area contributed by atoms with Crippen LogP contribution in [0.25, 0.3) is 28.1 Å². The van der Waals surface area contributed by atoms with Gasteiger partial charge < -0.3 is 9.64 Å². The number of fused-ring (bicyclic) bond motifs is 16. The van der Waals surface area contributed by atoms with E-state index in [1.807, 2.05) is 12.1 Å². The highest BCUT2D eigenvalue weighted by atomic mass is 16.5. The Balaban J connectivity index is 1.29. The van der Waals surface area contributed by atoms with Crippen LogP contribution in [0.5, 0.6) is 5.75 Å². The lowest BCUT2D eigenvalue weighted by Crippen LogP contribution is -2.29. The van der Waals surface area contributed by atoms with Crippen molar-refractivity contribution in [3.8, 4) is 28.3 Å². The summed E-state index contributed by atoms with van der Waals surface area (Å²) in [6.45, 7) is 2.28. The molecule has 2 aliphatic carbocycles. The molecule has 4 aromatic carbocycles. The number of hydrogen-bond donors (Lipinski definition) is 0. The van der Waals surface area contributed by atoms with Crippen molar-refractivity contribution in [3.63, 3.8) is 0 Å². The predicted molar refractivity (Wildman–Crippen MR) is 181 cm³/mol. The van der Waals surface area contributed by atoms with Crippen LogP contribution in [0.4, 0.5) is 11.4 Å². The third kappa shape index (κ3) is 4.44. The van der Waals surface area contributed by atoms with E-state index in [-0.39, 0.29) is 17.8 Å². The van der Waals surface area contributed by atoms with Gasteiger partial charge in [-0.3, -0.25) is 0 Å². The fourth-order valence-corrected chi connectivity index (χ4v) is 7.11. The number of aromatic nitrogens is 2. The minimum absolute atomic E-state index is 0.0629. The van der Waals surface area contributed by atoms with E-state index in [4.69, 9.17) is 14.7 Å². The minimum Gasteiger partial charge on any atom is -0.453 e. The number of nitrogens with zero attached hydrogens (tertiary/aromatic N) is 3. The van der Waals surface area contributed by atoms with Gasteiger partial charge in [0, 0.05) is 28.7 Å². The van der Waals surface area contributed by atoms with E-state index in [2.05, 4.69) is 139 Å². The Morgan fingerprint density at radius 3 is 2.42 bits per heavy atom. The van der Waals surface area contributed by atoms with Crippen LogP contribution in [-0.2, 0) is 0 Å². The molecule has 0 saturated carbocycles. The van der Waals surface area contributed by atoms with Gasteiger partial charge in [0.15, 0.2) is 5.75 Å². The van der Waals surface area contributed by atoms with Gasteiger partial charge in [-0.05, 0) is 77.6 Å². The van der Waals surface area contributed by atoms with E-state index < -0.39 is 0 Å². The molecule has 3 heterocycles. The van der Waals surface area contributed by atoms with Crippen LogP contribution in [0, 0.1) is 5.92 Å². The van der Waals surface area contributed by atoms with Crippen LogP contribution < -0.4 is 9.64 Å². The van der Waals surface area contributed by atoms with Crippen molar-refractivity contribution in [2.24, 2.45) is 5.92 Å². The molecule has 10 bridgehead atoms. The monoisotopic (exact) mass is 581 g/mol. The third-order valence-electron chi connectivity index (χ3n) is 9.41. The molecule has 45 heavy (non-hydrogen) atoms. The second-order valence-corrected chi connectivity index (χ2v) is 12.3. The van der Waals surface area contributed by atoms with Crippen molar-refractivity contribution >= 4 is 16.9 Å². The molecule has 0 amide bonds. The largest absolute Gasteiger partial charge is 0.453 e. The SMILES string of the molecule is CC1C=C2Oc3ccccc3N3C2=CC1c1cccc(c1)-c1cc(-c2ccccc2)nc(n1)C1C=CC=C(C1)c1cccc3c1. The predicted octanol–water partition coefficient (Wildman–Crippen LogP) is 9.98. The van der Waals surface area contributed by atoms with Crippen LogP contribution in [0.2, 0.25) is 0 Å². The zero-order valence-corrected chi connectivity index (χ0v) is 25.0. The molecule has 9 rings (SSSR count). The van der Waals surface area contributed by atoms with Gasteiger partial charge in [0.05, 0.1) is 22.8 Å². The number of anilines is 2. The van der Waals surface area contributed by atoms with E-state index in [0.717, 1.165) is 63.3 Å². The molecule has 0 saturated heterocycles. The van der Waals surface area contributed by atoms with E-state index in [1.165, 1.54) is 16.7 Å². The lowest BCUT2D eigenvalue weighted by atomic mass is 9.81. The summed E-state index contributed by atoms with van der Waals surface area (Å²) >= 11 is 0. The number of para-hydroxylation sites is 2. The van der Waals surface area contributed by atoms with Crippen LogP contribution in [0.15, 0.2) is 151 Å². The molecule has 0 fully saturated rings. The summed E-state index contributed by atoms with van der Waals surface area (Å²) in [5, 5.41) is 0. The normalized spacial score (nSPS) is 20.7. The summed E-state index contributed by atoms with van der Waals surface area (Å²) in [6.07, 6.45) is 12.2. The molecule has 0 N–H and O–H groups in total. The molecule has 3 unspecified atom stereocenters. The van der Waals surface area contributed by atoms with Crippen LogP contribution in [0.1, 0.15) is 42.1 Å². The van der Waals surface area contributed by atoms with Gasteiger partial charge in [0.25, 0.3) is 0 Å². The number of ether oxygens (including phenoxy) is 1. The minimum atomic E-state index is 0.0629. The molecule has 2 aliphatic heterocycles. The Bertz CT molecular complexity index is 2100. The van der Waals surface area contributed by atoms with Crippen molar-refractivity contribution in [2.45, 2.75) is 25.2 Å². The third-order valence-corrected chi connectivity index (χ3v) is 9.41. The highest BCUT2D eigenvalue weighted by molar-refractivity contribution is 5.81. The fraction of sp³-hybridized carbons (Fsp3) is 0.122. The van der Waals surface area contributed by atoms with Gasteiger partial charge in [0.2, 0.25) is 0 Å². The first kappa shape index (κ1) is 26.0. The van der Waals surface area contributed by atoms with E-state index in [1.54, 1.807) is 0 Å². The summed E-state index contributed by atoms with van der Waals surface area (Å²) in [6, 6.07) is 38.7. The lowest BCUT2D eigenvalue weighted by molar-refractivity contribution is 0.405. The maximum Gasteiger partial charge on any atom is 0.151 e. The number of rotatable bonds is 1. The van der Waals surface area contributed by atoms with Gasteiger partial charge in [0.1, 0.15) is 11.6 Å². The average molecular weight is 582 g/mol. The highest BCUT2D eigenvalue weighted by Gasteiger charge is 2.34. The zero-order valence-electron chi connectivity index (χ0n) is 25.0. The average Bonchev–Trinajstić information content (AvgIpc) is 3.10. The Morgan fingerprint density at radius 1 is 0.733 bits per heavy atom. The Labute approximate surface area is 263 Å². The molecule has 1 aromatic heterocycles. The Morgan fingerprint density at radius 2 is 1.51 bits per heavy atom. The molecule has 5 aromatic rings. The van der Waals surface area contributed by atoms with Crippen molar-refractivity contribution < 1.29 is 4.74 Å². The van der Waals surface area contributed by atoms with Crippen LogP contribution >= 0.6 is 0 Å². The highest BCUT2D eigenvalue weighted by Crippen LogP contribution is 2.49. The van der Waals surface area contributed by atoms with Crippen LogP contribution in [-0.4, -0.2) is 9.97 Å². The van der Waals surface area contributed by atoms with Crippen molar-refractivity contribution in [2.75, 3.05) is 4.90 Å². The van der Waals surface area contributed by atoms with E-state index in [9.17, 15) is 0 Å². The topological polar surface area (TPSA) is 38.2 Å². The summed E-state index contributed by atoms with van der Waals surface area (Å²) in [4.78, 5) is 12.8. The number of allylic oxidation sites excluding steroid dienone is 6. The number of benzene rings is 4. The smallest absolute Gasteiger partial charge is 0.151 e. The maximum absolute atomic E-state index is 6.56. The molecule has 4 aliphatic rings. The van der Waals surface area contributed by atoms with Gasteiger partial charge in [-0.25, -0.2) is 9.97 Å². The van der Waals surface area contributed by atoms with Crippen molar-refractivity contribution in [1.29, 1.82) is 0 Å². The molecule has 0 radical (unpaired) electrons. The van der Waals surface area contributed by atoms with Gasteiger partial charge >= 0.3 is 0 Å². The van der Waals surface area contributed by atoms with Crippen molar-refractivity contribution in [3.05, 3.63) is 168 Å². The fourth-order valence-electron chi connectivity index (χ4n) is 7.11. The number of hydrogen-bond acceptors (Lipinski definition) is 4. The first-order valence-corrected chi connectivity index (χ1v) is 15.7. The summed E-state index contributed by atoms with van der Waals surface area (Å²) in [5.41, 5.74) is 11.1. The quantitative estimate of drug-likeness (QED) is 0.197.